The molecule has 0 N–H and O–H groups in total. The van der Waals surface area contributed by atoms with Crippen LogP contribution in [0, 0.1) is 5.92 Å². The molecule has 0 amide bonds. The van der Waals surface area contributed by atoms with Gasteiger partial charge in [0.15, 0.2) is 0 Å². The van der Waals surface area contributed by atoms with Gasteiger partial charge in [0.25, 0.3) is 0 Å². The minimum atomic E-state index is -0.333. The largest absolute Gasteiger partial charge is 0.493 e. The summed E-state index contributed by atoms with van der Waals surface area (Å²) in [5.41, 5.74) is 4.55. The number of hydrogen-bond acceptors (Lipinski definition) is 3. The van der Waals surface area contributed by atoms with Crippen LogP contribution < -0.4 is 4.74 Å². The number of nitrogens with zero attached hydrogens (tertiary/aromatic N) is 1. The summed E-state index contributed by atoms with van der Waals surface area (Å²) in [4.78, 5) is 11.8. The summed E-state index contributed by atoms with van der Waals surface area (Å²) in [7, 11) is 1.39. The number of fused-ring (bicyclic) bond motifs is 1. The van der Waals surface area contributed by atoms with Gasteiger partial charge in [0, 0.05) is 28.9 Å². The summed E-state index contributed by atoms with van der Waals surface area (Å²) >= 11 is 0. The van der Waals surface area contributed by atoms with E-state index in [9.17, 15) is 4.79 Å². The van der Waals surface area contributed by atoms with Crippen molar-refractivity contribution in [2.45, 2.75) is 20.8 Å². The molecule has 3 aromatic rings. The van der Waals surface area contributed by atoms with E-state index in [1.54, 1.807) is 6.07 Å². The number of carbonyl (C=O) groups excluding carboxylic acids is 1. The summed E-state index contributed by atoms with van der Waals surface area (Å²) in [5, 5.41) is 0.978. The molecule has 0 saturated heterocycles. The molecule has 0 aliphatic carbocycles. The minimum Gasteiger partial charge on any atom is -0.493 e. The average molecular weight is 363 g/mol. The lowest BCUT2D eigenvalue weighted by Gasteiger charge is -2.16. The number of allylic oxidation sites excluding steroid dienone is 1. The molecule has 0 saturated carbocycles. The monoisotopic (exact) mass is 363 g/mol. The third-order valence-electron chi connectivity index (χ3n) is 4.39. The molecule has 0 unspecified atom stereocenters. The molecule has 0 aliphatic heterocycles. The van der Waals surface area contributed by atoms with E-state index in [0.717, 1.165) is 33.5 Å². The molecule has 4 heteroatoms. The van der Waals surface area contributed by atoms with Crippen molar-refractivity contribution in [2.75, 3.05) is 13.7 Å². The van der Waals surface area contributed by atoms with E-state index in [-0.39, 0.29) is 5.97 Å². The first-order chi connectivity index (χ1) is 12.9. The van der Waals surface area contributed by atoms with Gasteiger partial charge in [-0.1, -0.05) is 20.4 Å². The van der Waals surface area contributed by atoms with Gasteiger partial charge in [0.05, 0.1) is 24.8 Å². The van der Waals surface area contributed by atoms with Gasteiger partial charge in [0.1, 0.15) is 5.75 Å². The highest BCUT2D eigenvalue weighted by atomic mass is 16.5. The summed E-state index contributed by atoms with van der Waals surface area (Å²) in [5.74, 6) is 0.942. The molecule has 140 valence electrons. The van der Waals surface area contributed by atoms with Gasteiger partial charge in [-0.25, -0.2) is 4.79 Å². The van der Waals surface area contributed by atoms with Crippen LogP contribution in [-0.4, -0.2) is 24.3 Å². The Hall–Kier alpha value is -3.01. The zero-order chi connectivity index (χ0) is 19.6. The highest BCUT2D eigenvalue weighted by Gasteiger charge is 2.12. The minimum absolute atomic E-state index is 0.333. The third-order valence-corrected chi connectivity index (χ3v) is 4.39. The van der Waals surface area contributed by atoms with E-state index in [0.29, 0.717) is 18.1 Å². The zero-order valence-corrected chi connectivity index (χ0v) is 16.3. The topological polar surface area (TPSA) is 40.5 Å². The Morgan fingerprint density at radius 1 is 1.15 bits per heavy atom. The lowest BCUT2D eigenvalue weighted by Crippen LogP contribution is -2.06. The second-order valence-electron chi connectivity index (χ2n) is 7.12. The first-order valence-corrected chi connectivity index (χ1v) is 9.03. The maximum atomic E-state index is 11.8. The molecule has 4 nitrogen and oxygen atoms in total. The smallest absolute Gasteiger partial charge is 0.337 e. The van der Waals surface area contributed by atoms with Crippen LogP contribution in [0.25, 0.3) is 22.2 Å². The molecule has 1 heterocycles. The lowest BCUT2D eigenvalue weighted by molar-refractivity contribution is 0.0601. The van der Waals surface area contributed by atoms with E-state index < -0.39 is 0 Å². The fourth-order valence-corrected chi connectivity index (χ4v) is 3.00. The van der Waals surface area contributed by atoms with Crippen LogP contribution in [0.3, 0.4) is 0 Å². The van der Waals surface area contributed by atoms with Gasteiger partial charge in [-0.2, -0.15) is 0 Å². The molecular weight excluding hydrogens is 338 g/mol. The number of ether oxygens (including phenoxy) is 2. The molecule has 1 aromatic heterocycles. The van der Waals surface area contributed by atoms with Gasteiger partial charge in [-0.3, -0.25) is 0 Å². The van der Waals surface area contributed by atoms with E-state index in [1.807, 2.05) is 43.5 Å². The quantitative estimate of drug-likeness (QED) is 0.544. The third kappa shape index (κ3) is 3.90. The number of aromatic nitrogens is 1. The van der Waals surface area contributed by atoms with Crippen molar-refractivity contribution in [3.63, 3.8) is 0 Å². The van der Waals surface area contributed by atoms with Crippen LogP contribution in [0.5, 0.6) is 5.75 Å². The van der Waals surface area contributed by atoms with Crippen LogP contribution in [0.1, 0.15) is 36.7 Å². The van der Waals surface area contributed by atoms with Gasteiger partial charge >= 0.3 is 5.97 Å². The zero-order valence-electron chi connectivity index (χ0n) is 16.3. The van der Waals surface area contributed by atoms with Crippen LogP contribution in [0.2, 0.25) is 0 Å². The predicted molar refractivity (Wildman–Crippen MR) is 110 cm³/mol. The highest BCUT2D eigenvalue weighted by molar-refractivity contribution is 5.95. The maximum absolute atomic E-state index is 11.8. The lowest BCUT2D eigenvalue weighted by atomic mass is 10.1. The van der Waals surface area contributed by atoms with Crippen molar-refractivity contribution in [1.29, 1.82) is 0 Å². The van der Waals surface area contributed by atoms with Gasteiger partial charge < -0.3 is 14.0 Å². The molecule has 0 bridgehead atoms. The molecule has 2 aromatic carbocycles. The van der Waals surface area contributed by atoms with Gasteiger partial charge in [-0.15, -0.1) is 0 Å². The molecule has 0 radical (unpaired) electrons. The van der Waals surface area contributed by atoms with Crippen molar-refractivity contribution in [3.8, 4) is 11.4 Å². The SMILES string of the molecule is C=C(C)c1ccc(-n2ccc3cc(C(=O)OC)ccc32)cc1OCC(C)C. The fourth-order valence-electron chi connectivity index (χ4n) is 3.00. The van der Waals surface area contributed by atoms with Crippen LogP contribution in [-0.2, 0) is 4.74 Å². The molecule has 0 aliphatic rings. The molecule has 0 fully saturated rings. The van der Waals surface area contributed by atoms with Crippen LogP contribution in [0.4, 0.5) is 0 Å². The van der Waals surface area contributed by atoms with E-state index >= 15 is 0 Å². The number of methoxy groups -OCH3 is 1. The standard InChI is InChI=1S/C23H25NO3/c1-15(2)14-27-22-13-19(7-8-20(22)16(3)4)24-11-10-17-12-18(23(25)26-5)6-9-21(17)24/h6-13,15H,3,14H2,1-2,4-5H3. The van der Waals surface area contributed by atoms with E-state index in [2.05, 4.69) is 31.1 Å². The average Bonchev–Trinajstić information content (AvgIpc) is 3.08. The number of rotatable bonds is 6. The van der Waals surface area contributed by atoms with Gasteiger partial charge in [0.2, 0.25) is 0 Å². The number of hydrogen-bond donors (Lipinski definition) is 0. The van der Waals surface area contributed by atoms with E-state index in [4.69, 9.17) is 9.47 Å². The fraction of sp³-hybridized carbons (Fsp3) is 0.261. The molecule has 0 atom stereocenters. The predicted octanol–water partition coefficient (Wildman–Crippen LogP) is 5.49. The normalized spacial score (nSPS) is 11.0. The summed E-state index contributed by atoms with van der Waals surface area (Å²) in [6.07, 6.45) is 1.99. The Balaban J connectivity index is 2.04. The summed E-state index contributed by atoms with van der Waals surface area (Å²) in [6, 6.07) is 13.7. The second kappa shape index (κ2) is 7.70. The first-order valence-electron chi connectivity index (χ1n) is 9.03. The van der Waals surface area contributed by atoms with E-state index in [1.165, 1.54) is 7.11 Å². The van der Waals surface area contributed by atoms with Crippen molar-refractivity contribution in [2.24, 2.45) is 5.92 Å². The molecule has 0 spiro atoms. The Morgan fingerprint density at radius 2 is 1.93 bits per heavy atom. The van der Waals surface area contributed by atoms with Crippen molar-refractivity contribution < 1.29 is 14.3 Å². The summed E-state index contributed by atoms with van der Waals surface area (Å²) < 4.78 is 12.9. The number of benzene rings is 2. The number of carbonyl (C=O) groups is 1. The van der Waals surface area contributed by atoms with Crippen LogP contribution >= 0.6 is 0 Å². The second-order valence-corrected chi connectivity index (χ2v) is 7.12. The Bertz CT molecular complexity index is 998. The Morgan fingerprint density at radius 3 is 2.59 bits per heavy atom. The molecular formula is C23H25NO3. The Labute approximate surface area is 160 Å². The van der Waals surface area contributed by atoms with Crippen molar-refractivity contribution in [3.05, 3.63) is 66.4 Å². The number of esters is 1. The van der Waals surface area contributed by atoms with Gasteiger partial charge in [-0.05, 0) is 54.8 Å². The first kappa shape index (κ1) is 18.8. The Kier molecular flexibility index (Phi) is 5.36. The highest BCUT2D eigenvalue weighted by Crippen LogP contribution is 2.30. The molecule has 27 heavy (non-hydrogen) atoms. The molecule has 3 rings (SSSR count). The maximum Gasteiger partial charge on any atom is 0.337 e. The summed E-state index contributed by atoms with van der Waals surface area (Å²) in [6.45, 7) is 10.9. The van der Waals surface area contributed by atoms with Crippen molar-refractivity contribution >= 4 is 22.4 Å². The van der Waals surface area contributed by atoms with Crippen molar-refractivity contribution in [1.82, 2.24) is 4.57 Å². The van der Waals surface area contributed by atoms with Crippen LogP contribution in [0.15, 0.2) is 55.2 Å².